The number of fused-ring (bicyclic) bond motifs is 4. The number of rotatable bonds is 5. The number of thioether (sulfide) groups is 1. The summed E-state index contributed by atoms with van der Waals surface area (Å²) in [5.41, 5.74) is 1.85. The van der Waals surface area contributed by atoms with Gasteiger partial charge in [0.15, 0.2) is 0 Å². The first-order valence-electron chi connectivity index (χ1n) is 11.3. The van der Waals surface area contributed by atoms with Crippen molar-refractivity contribution in [3.8, 4) is 5.75 Å². The van der Waals surface area contributed by atoms with Gasteiger partial charge >= 0.3 is 0 Å². The molecule has 2 atom stereocenters. The molecule has 2 bridgehead atoms. The van der Waals surface area contributed by atoms with Crippen molar-refractivity contribution >= 4 is 46.2 Å². The van der Waals surface area contributed by atoms with Gasteiger partial charge < -0.3 is 14.2 Å². The van der Waals surface area contributed by atoms with E-state index in [4.69, 9.17) is 17.0 Å². The largest absolute Gasteiger partial charge is 0.496 e. The molecule has 2 fully saturated rings. The van der Waals surface area contributed by atoms with Crippen molar-refractivity contribution in [2.24, 2.45) is 5.92 Å². The molecule has 0 radical (unpaired) electrons. The normalized spacial score (nSPS) is 22.8. The first-order valence-corrected chi connectivity index (χ1v) is 12.5. The number of hydrogen-bond donors (Lipinski definition) is 0. The highest BCUT2D eigenvalue weighted by Gasteiger charge is 2.37. The Morgan fingerprint density at radius 1 is 1.15 bits per heavy atom. The highest BCUT2D eigenvalue weighted by molar-refractivity contribution is 8.26. The van der Waals surface area contributed by atoms with Gasteiger partial charge in [-0.1, -0.05) is 48.2 Å². The summed E-state index contributed by atoms with van der Waals surface area (Å²) < 4.78 is 7.69. The molecule has 7 nitrogen and oxygen atoms in total. The van der Waals surface area contributed by atoms with E-state index in [0.717, 1.165) is 17.7 Å². The van der Waals surface area contributed by atoms with E-state index in [1.54, 1.807) is 25.3 Å². The Hall–Kier alpha value is -2.91. The number of ether oxygens (including phenoxy) is 1. The molecule has 2 saturated heterocycles. The number of pyridine rings is 1. The van der Waals surface area contributed by atoms with E-state index < -0.39 is 0 Å². The predicted octanol–water partition coefficient (Wildman–Crippen LogP) is 3.09. The number of amides is 2. The van der Waals surface area contributed by atoms with Gasteiger partial charge in [-0.05, 0) is 30.5 Å². The minimum absolute atomic E-state index is 0.0178. The fraction of sp³-hybridized carbons (Fsp3) is 0.360. The molecule has 3 aliphatic heterocycles. The number of carbonyl (C=O) groups excluding carboxylic acids is 2. The standard InChI is InChI=1S/C25H25N3O4S2/c1-32-20-7-3-2-5-17(20)12-21-24(31)27(25(33)34-21)10-9-22(29)26-13-16-11-18(15-26)19-6-4-8-23(30)28(19)14-16/h2-8,12,16,18H,9-11,13-15H2,1H3/b21-12+/t16-,18-/m0/s1. The van der Waals surface area contributed by atoms with Crippen LogP contribution in [0.25, 0.3) is 6.08 Å². The number of methoxy groups -OCH3 is 1. The van der Waals surface area contributed by atoms with Gasteiger partial charge in [0.05, 0.1) is 12.0 Å². The number of carbonyl (C=O) groups is 2. The smallest absolute Gasteiger partial charge is 0.266 e. The second-order valence-electron chi connectivity index (χ2n) is 8.82. The van der Waals surface area contributed by atoms with Gasteiger partial charge in [0.1, 0.15) is 10.1 Å². The molecule has 5 rings (SSSR count). The van der Waals surface area contributed by atoms with Crippen LogP contribution >= 0.6 is 24.0 Å². The second kappa shape index (κ2) is 9.38. The van der Waals surface area contributed by atoms with Crippen LogP contribution in [-0.2, 0) is 16.1 Å². The summed E-state index contributed by atoms with van der Waals surface area (Å²) in [5, 5.41) is 0. The Bertz CT molecular complexity index is 1250. The predicted molar refractivity (Wildman–Crippen MR) is 136 cm³/mol. The van der Waals surface area contributed by atoms with Gasteiger partial charge in [-0.3, -0.25) is 19.3 Å². The quantitative estimate of drug-likeness (QED) is 0.469. The number of thiocarbonyl (C=S) groups is 1. The molecule has 9 heteroatoms. The van der Waals surface area contributed by atoms with E-state index in [-0.39, 0.29) is 42.2 Å². The van der Waals surface area contributed by atoms with Crippen LogP contribution in [0.5, 0.6) is 5.75 Å². The van der Waals surface area contributed by atoms with Gasteiger partial charge in [-0.2, -0.15) is 0 Å². The molecule has 34 heavy (non-hydrogen) atoms. The minimum Gasteiger partial charge on any atom is -0.496 e. The first kappa shape index (κ1) is 22.9. The van der Waals surface area contributed by atoms with Crippen LogP contribution < -0.4 is 10.3 Å². The summed E-state index contributed by atoms with van der Waals surface area (Å²) in [4.78, 5) is 42.2. The Morgan fingerprint density at radius 3 is 2.79 bits per heavy atom. The van der Waals surface area contributed by atoms with Crippen molar-refractivity contribution in [2.45, 2.75) is 25.3 Å². The topological polar surface area (TPSA) is 71.8 Å². The number of hydrogen-bond acceptors (Lipinski definition) is 6. The van der Waals surface area contributed by atoms with Gasteiger partial charge in [-0.15, -0.1) is 0 Å². The maximum atomic E-state index is 13.1. The lowest BCUT2D eigenvalue weighted by Gasteiger charge is -2.42. The number of nitrogens with zero attached hydrogens (tertiary/aromatic N) is 3. The zero-order chi connectivity index (χ0) is 23.8. The zero-order valence-electron chi connectivity index (χ0n) is 18.8. The van der Waals surface area contributed by atoms with E-state index in [9.17, 15) is 14.4 Å². The molecule has 0 saturated carbocycles. The number of benzene rings is 1. The van der Waals surface area contributed by atoms with Crippen molar-refractivity contribution in [1.29, 1.82) is 0 Å². The highest BCUT2D eigenvalue weighted by Crippen LogP contribution is 2.36. The van der Waals surface area contributed by atoms with Gasteiger partial charge in [-0.25, -0.2) is 0 Å². The summed E-state index contributed by atoms with van der Waals surface area (Å²) in [6.07, 6.45) is 3.00. The van der Waals surface area contributed by atoms with Crippen molar-refractivity contribution in [3.63, 3.8) is 0 Å². The van der Waals surface area contributed by atoms with E-state index in [1.165, 1.54) is 16.7 Å². The summed E-state index contributed by atoms with van der Waals surface area (Å²) >= 11 is 6.69. The summed E-state index contributed by atoms with van der Waals surface area (Å²) in [5.74, 6) is 0.964. The van der Waals surface area contributed by atoms with E-state index >= 15 is 0 Å². The van der Waals surface area contributed by atoms with Crippen molar-refractivity contribution < 1.29 is 14.3 Å². The molecular weight excluding hydrogens is 470 g/mol. The molecular formula is C25H25N3O4S2. The summed E-state index contributed by atoms with van der Waals surface area (Å²) in [6, 6.07) is 12.9. The maximum absolute atomic E-state index is 13.1. The Morgan fingerprint density at radius 2 is 1.97 bits per heavy atom. The average Bonchev–Trinajstić information content (AvgIpc) is 3.10. The molecule has 2 amide bonds. The van der Waals surface area contributed by atoms with E-state index in [2.05, 4.69) is 0 Å². The molecule has 176 valence electrons. The lowest BCUT2D eigenvalue weighted by molar-refractivity contribution is -0.134. The lowest BCUT2D eigenvalue weighted by Crippen LogP contribution is -2.49. The maximum Gasteiger partial charge on any atom is 0.266 e. The van der Waals surface area contributed by atoms with Crippen LogP contribution in [0.15, 0.2) is 52.2 Å². The Balaban J connectivity index is 1.24. The Kier molecular flexibility index (Phi) is 6.31. The Labute approximate surface area is 207 Å². The first-order chi connectivity index (χ1) is 16.4. The molecule has 0 spiro atoms. The molecule has 4 heterocycles. The van der Waals surface area contributed by atoms with Crippen LogP contribution in [0, 0.1) is 5.92 Å². The van der Waals surface area contributed by atoms with Crippen LogP contribution in [0.1, 0.15) is 30.0 Å². The average molecular weight is 496 g/mol. The van der Waals surface area contributed by atoms with Gasteiger partial charge in [0.25, 0.3) is 11.5 Å². The lowest BCUT2D eigenvalue weighted by atomic mass is 9.83. The molecule has 3 aliphatic rings. The van der Waals surface area contributed by atoms with Crippen LogP contribution in [0.2, 0.25) is 0 Å². The second-order valence-corrected chi connectivity index (χ2v) is 10.5. The van der Waals surface area contributed by atoms with Crippen LogP contribution in [-0.4, -0.2) is 57.2 Å². The van der Waals surface area contributed by atoms with Crippen LogP contribution in [0.3, 0.4) is 0 Å². The van der Waals surface area contributed by atoms with Gasteiger partial charge in [0, 0.05) is 55.8 Å². The fourth-order valence-corrected chi connectivity index (χ4v) is 6.38. The monoisotopic (exact) mass is 495 g/mol. The minimum atomic E-state index is -0.183. The van der Waals surface area contributed by atoms with Crippen molar-refractivity contribution in [1.82, 2.24) is 14.4 Å². The van der Waals surface area contributed by atoms with E-state index in [1.807, 2.05) is 39.8 Å². The number of likely N-dealkylation sites (tertiary alicyclic amines) is 1. The molecule has 0 aliphatic carbocycles. The third-order valence-electron chi connectivity index (χ3n) is 6.68. The van der Waals surface area contributed by atoms with Crippen molar-refractivity contribution in [3.05, 3.63) is 69.0 Å². The molecule has 1 aromatic carbocycles. The number of para-hydroxylation sites is 1. The number of aromatic nitrogens is 1. The van der Waals surface area contributed by atoms with Crippen molar-refractivity contribution in [2.75, 3.05) is 26.7 Å². The van der Waals surface area contributed by atoms with Crippen LogP contribution in [0.4, 0.5) is 0 Å². The number of piperidine rings is 1. The molecule has 2 aromatic rings. The molecule has 0 N–H and O–H groups in total. The SMILES string of the molecule is COc1ccccc1/C=C1/SC(=S)N(CCC(=O)N2C[C@@H]3C[C@@H](C2)c2cccc(=O)n2C3)C1=O. The molecule has 1 aromatic heterocycles. The summed E-state index contributed by atoms with van der Waals surface area (Å²) in [6.45, 7) is 2.15. The fourth-order valence-electron chi connectivity index (χ4n) is 5.09. The zero-order valence-corrected chi connectivity index (χ0v) is 20.4. The van der Waals surface area contributed by atoms with Gasteiger partial charge in [0.2, 0.25) is 5.91 Å². The molecule has 0 unspecified atom stereocenters. The van der Waals surface area contributed by atoms with E-state index in [0.29, 0.717) is 34.6 Å². The third kappa shape index (κ3) is 4.30. The summed E-state index contributed by atoms with van der Waals surface area (Å²) in [7, 11) is 1.59. The highest BCUT2D eigenvalue weighted by atomic mass is 32.2. The third-order valence-corrected chi connectivity index (χ3v) is 8.06.